The SMILES string of the molecule is CCc1nnc(N2CCN(C(=O)c3cccnc3N(C)C)CC2)o1. The molecule has 128 valence electrons. The van der Waals surface area contributed by atoms with Crippen molar-refractivity contribution in [1.82, 2.24) is 20.1 Å². The predicted octanol–water partition coefficient (Wildman–Crippen LogP) is 1.06. The molecule has 0 radical (unpaired) electrons. The van der Waals surface area contributed by atoms with E-state index in [0.29, 0.717) is 49.5 Å². The highest BCUT2D eigenvalue weighted by Gasteiger charge is 2.26. The quantitative estimate of drug-likeness (QED) is 0.829. The number of hydrogen-bond acceptors (Lipinski definition) is 7. The highest BCUT2D eigenvalue weighted by atomic mass is 16.4. The van der Waals surface area contributed by atoms with Gasteiger partial charge in [-0.1, -0.05) is 12.0 Å². The topological polar surface area (TPSA) is 78.6 Å². The second kappa shape index (κ2) is 6.86. The fourth-order valence-corrected chi connectivity index (χ4v) is 2.71. The second-order valence-electron chi connectivity index (χ2n) is 5.88. The summed E-state index contributed by atoms with van der Waals surface area (Å²) in [5, 5.41) is 8.06. The molecule has 1 amide bonds. The van der Waals surface area contributed by atoms with E-state index in [0.717, 1.165) is 6.42 Å². The third-order valence-corrected chi connectivity index (χ3v) is 4.04. The number of carbonyl (C=O) groups is 1. The van der Waals surface area contributed by atoms with Crippen LogP contribution in [0, 0.1) is 0 Å². The molecule has 1 saturated heterocycles. The Morgan fingerprint density at radius 2 is 2.00 bits per heavy atom. The number of piperazine rings is 1. The van der Waals surface area contributed by atoms with Gasteiger partial charge in [0.15, 0.2) is 0 Å². The molecule has 2 aromatic rings. The molecule has 0 unspecified atom stereocenters. The fourth-order valence-electron chi connectivity index (χ4n) is 2.71. The summed E-state index contributed by atoms with van der Waals surface area (Å²) in [4.78, 5) is 22.8. The number of aromatic nitrogens is 3. The van der Waals surface area contributed by atoms with Crippen molar-refractivity contribution in [3.05, 3.63) is 29.8 Å². The number of hydrogen-bond donors (Lipinski definition) is 0. The molecule has 3 heterocycles. The zero-order valence-electron chi connectivity index (χ0n) is 14.3. The average Bonchev–Trinajstić information content (AvgIpc) is 3.10. The molecule has 3 rings (SSSR count). The van der Waals surface area contributed by atoms with E-state index in [4.69, 9.17) is 4.42 Å². The van der Waals surface area contributed by atoms with Gasteiger partial charge in [0.05, 0.1) is 5.56 Å². The number of amides is 1. The molecule has 8 heteroatoms. The van der Waals surface area contributed by atoms with E-state index >= 15 is 0 Å². The van der Waals surface area contributed by atoms with E-state index in [-0.39, 0.29) is 5.91 Å². The van der Waals surface area contributed by atoms with Crippen LogP contribution in [0.3, 0.4) is 0 Å². The molecule has 1 fully saturated rings. The summed E-state index contributed by atoms with van der Waals surface area (Å²) < 4.78 is 5.59. The van der Waals surface area contributed by atoms with E-state index in [9.17, 15) is 4.79 Å². The fraction of sp³-hybridized carbons (Fsp3) is 0.500. The Labute approximate surface area is 141 Å². The van der Waals surface area contributed by atoms with Crippen molar-refractivity contribution >= 4 is 17.7 Å². The monoisotopic (exact) mass is 330 g/mol. The Hall–Kier alpha value is -2.64. The Morgan fingerprint density at radius 1 is 1.25 bits per heavy atom. The normalized spacial score (nSPS) is 14.8. The summed E-state index contributed by atoms with van der Waals surface area (Å²) in [5.74, 6) is 1.33. The Balaban J connectivity index is 1.67. The van der Waals surface area contributed by atoms with Gasteiger partial charge in [0.25, 0.3) is 5.91 Å². The number of nitrogens with zero attached hydrogens (tertiary/aromatic N) is 6. The summed E-state index contributed by atoms with van der Waals surface area (Å²) in [6, 6.07) is 4.15. The van der Waals surface area contributed by atoms with Crippen LogP contribution in [-0.2, 0) is 6.42 Å². The van der Waals surface area contributed by atoms with Crippen molar-refractivity contribution in [2.45, 2.75) is 13.3 Å². The van der Waals surface area contributed by atoms with Crippen molar-refractivity contribution in [2.75, 3.05) is 50.1 Å². The summed E-state index contributed by atoms with van der Waals surface area (Å²) in [7, 11) is 3.77. The highest BCUT2D eigenvalue weighted by Crippen LogP contribution is 2.20. The zero-order valence-corrected chi connectivity index (χ0v) is 14.3. The molecular formula is C16H22N6O2. The first-order valence-corrected chi connectivity index (χ1v) is 8.09. The van der Waals surface area contributed by atoms with Crippen LogP contribution in [0.25, 0.3) is 0 Å². The van der Waals surface area contributed by atoms with Gasteiger partial charge in [-0.05, 0) is 12.1 Å². The zero-order chi connectivity index (χ0) is 17.1. The number of anilines is 2. The number of carbonyl (C=O) groups excluding carboxylic acids is 1. The van der Waals surface area contributed by atoms with E-state index in [1.807, 2.05) is 41.8 Å². The average molecular weight is 330 g/mol. The van der Waals surface area contributed by atoms with Crippen LogP contribution in [0.2, 0.25) is 0 Å². The molecule has 0 bridgehead atoms. The van der Waals surface area contributed by atoms with Gasteiger partial charge < -0.3 is 19.1 Å². The van der Waals surface area contributed by atoms with Crippen LogP contribution in [0.1, 0.15) is 23.2 Å². The lowest BCUT2D eigenvalue weighted by molar-refractivity contribution is 0.0745. The lowest BCUT2D eigenvalue weighted by atomic mass is 10.2. The van der Waals surface area contributed by atoms with E-state index in [1.165, 1.54) is 0 Å². The first-order chi connectivity index (χ1) is 11.6. The number of pyridine rings is 1. The maximum absolute atomic E-state index is 12.8. The molecule has 0 saturated carbocycles. The Morgan fingerprint density at radius 3 is 2.62 bits per heavy atom. The molecule has 1 aliphatic rings. The maximum atomic E-state index is 12.8. The van der Waals surface area contributed by atoms with Gasteiger partial charge in [-0.15, -0.1) is 5.10 Å². The van der Waals surface area contributed by atoms with Crippen molar-refractivity contribution in [3.8, 4) is 0 Å². The van der Waals surface area contributed by atoms with Crippen molar-refractivity contribution in [1.29, 1.82) is 0 Å². The second-order valence-corrected chi connectivity index (χ2v) is 5.88. The third-order valence-electron chi connectivity index (χ3n) is 4.04. The summed E-state index contributed by atoms with van der Waals surface area (Å²) >= 11 is 0. The van der Waals surface area contributed by atoms with Crippen molar-refractivity contribution in [2.24, 2.45) is 0 Å². The smallest absolute Gasteiger partial charge is 0.318 e. The summed E-state index contributed by atoms with van der Waals surface area (Å²) in [6.45, 7) is 4.56. The van der Waals surface area contributed by atoms with Gasteiger partial charge >= 0.3 is 6.01 Å². The standard InChI is InChI=1S/C16H22N6O2/c1-4-13-18-19-16(24-13)22-10-8-21(9-11-22)15(23)12-6-5-7-17-14(12)20(2)3/h5-7H,4,8-11H2,1-3H3. The van der Waals surface area contributed by atoms with Gasteiger partial charge in [0.2, 0.25) is 5.89 Å². The largest absolute Gasteiger partial charge is 0.408 e. The molecule has 1 aliphatic heterocycles. The van der Waals surface area contributed by atoms with Crippen LogP contribution in [0.5, 0.6) is 0 Å². The first-order valence-electron chi connectivity index (χ1n) is 8.09. The van der Waals surface area contributed by atoms with Gasteiger partial charge in [-0.3, -0.25) is 4.79 Å². The van der Waals surface area contributed by atoms with Gasteiger partial charge in [0.1, 0.15) is 5.82 Å². The predicted molar refractivity (Wildman–Crippen MR) is 90.4 cm³/mol. The molecule has 0 spiro atoms. The van der Waals surface area contributed by atoms with Crippen LogP contribution in [0.4, 0.5) is 11.8 Å². The van der Waals surface area contributed by atoms with Gasteiger partial charge in [-0.2, -0.15) is 0 Å². The Kier molecular flexibility index (Phi) is 4.64. The minimum absolute atomic E-state index is 0.00577. The first kappa shape index (κ1) is 16.2. The van der Waals surface area contributed by atoms with Crippen LogP contribution in [0.15, 0.2) is 22.7 Å². The van der Waals surface area contributed by atoms with Crippen LogP contribution in [-0.4, -0.2) is 66.3 Å². The highest BCUT2D eigenvalue weighted by molar-refractivity contribution is 5.99. The van der Waals surface area contributed by atoms with E-state index in [2.05, 4.69) is 15.2 Å². The number of rotatable bonds is 4. The molecular weight excluding hydrogens is 308 g/mol. The third kappa shape index (κ3) is 3.17. The molecule has 0 N–H and O–H groups in total. The minimum Gasteiger partial charge on any atom is -0.408 e. The van der Waals surface area contributed by atoms with Gasteiger partial charge in [0, 0.05) is 52.9 Å². The van der Waals surface area contributed by atoms with E-state index < -0.39 is 0 Å². The van der Waals surface area contributed by atoms with Crippen molar-refractivity contribution in [3.63, 3.8) is 0 Å². The number of aryl methyl sites for hydroxylation is 1. The van der Waals surface area contributed by atoms with Crippen LogP contribution >= 0.6 is 0 Å². The minimum atomic E-state index is 0.00577. The molecule has 8 nitrogen and oxygen atoms in total. The molecule has 2 aromatic heterocycles. The lowest BCUT2D eigenvalue weighted by Gasteiger charge is -2.34. The molecule has 24 heavy (non-hydrogen) atoms. The molecule has 0 atom stereocenters. The molecule has 0 aliphatic carbocycles. The van der Waals surface area contributed by atoms with Crippen molar-refractivity contribution < 1.29 is 9.21 Å². The molecule has 0 aromatic carbocycles. The maximum Gasteiger partial charge on any atom is 0.318 e. The van der Waals surface area contributed by atoms with E-state index in [1.54, 1.807) is 12.3 Å². The lowest BCUT2D eigenvalue weighted by Crippen LogP contribution is -2.49. The summed E-state index contributed by atoms with van der Waals surface area (Å²) in [6.07, 6.45) is 2.42. The Bertz CT molecular complexity index is 706. The van der Waals surface area contributed by atoms with Gasteiger partial charge in [-0.25, -0.2) is 4.98 Å². The van der Waals surface area contributed by atoms with Crippen LogP contribution < -0.4 is 9.80 Å². The summed E-state index contributed by atoms with van der Waals surface area (Å²) in [5.41, 5.74) is 0.627.